The first-order valence-corrected chi connectivity index (χ1v) is 11.1. The Morgan fingerprint density at radius 3 is 2.00 bits per heavy atom. The summed E-state index contributed by atoms with van der Waals surface area (Å²) in [6.07, 6.45) is -0.205. The number of methoxy groups -OCH3 is 1. The van der Waals surface area contributed by atoms with Crippen molar-refractivity contribution in [2.75, 3.05) is 24.4 Å². The van der Waals surface area contributed by atoms with Crippen LogP contribution >= 0.6 is 0 Å². The van der Waals surface area contributed by atoms with Gasteiger partial charge in [-0.1, -0.05) is 17.7 Å². The maximum Gasteiger partial charge on any atom is 0.306 e. The topological polar surface area (TPSA) is 103 Å². The summed E-state index contributed by atoms with van der Waals surface area (Å²) < 4.78 is 15.8. The van der Waals surface area contributed by atoms with Gasteiger partial charge in [0.25, 0.3) is 5.91 Å². The summed E-state index contributed by atoms with van der Waals surface area (Å²) in [5, 5.41) is 5.42. The van der Waals surface area contributed by atoms with Gasteiger partial charge >= 0.3 is 5.97 Å². The molecule has 0 aromatic heterocycles. The third-order valence-corrected chi connectivity index (χ3v) is 5.01. The highest BCUT2D eigenvalue weighted by Crippen LogP contribution is 2.25. The van der Waals surface area contributed by atoms with Gasteiger partial charge in [-0.15, -0.1) is 0 Å². The number of hydrogen-bond acceptors (Lipinski definition) is 6. The molecule has 0 radical (unpaired) electrons. The van der Waals surface area contributed by atoms with Crippen molar-refractivity contribution < 1.29 is 28.6 Å². The first kappa shape index (κ1) is 25.3. The third kappa shape index (κ3) is 8.19. The molecule has 0 saturated heterocycles. The van der Waals surface area contributed by atoms with Crippen LogP contribution in [-0.4, -0.2) is 31.5 Å². The number of aryl methyl sites for hydroxylation is 2. The molecule has 0 spiro atoms. The van der Waals surface area contributed by atoms with Crippen molar-refractivity contribution in [2.45, 2.75) is 26.7 Å². The van der Waals surface area contributed by atoms with Crippen molar-refractivity contribution in [1.82, 2.24) is 0 Å². The SMILES string of the molecule is COc1ccc(Oc2ccc(NC(=O)CCC(=O)OCC(=O)Nc3ccc(C)cc3C)cc2)cc1. The minimum atomic E-state index is -0.626. The van der Waals surface area contributed by atoms with E-state index in [9.17, 15) is 14.4 Å². The molecule has 0 unspecified atom stereocenters. The largest absolute Gasteiger partial charge is 0.497 e. The fourth-order valence-corrected chi connectivity index (χ4v) is 3.18. The Bertz CT molecular complexity index is 1170. The molecule has 3 rings (SSSR count). The van der Waals surface area contributed by atoms with Crippen LogP contribution in [0.25, 0.3) is 0 Å². The second-order valence-electron chi connectivity index (χ2n) is 7.88. The van der Waals surface area contributed by atoms with Gasteiger partial charge in [0, 0.05) is 17.8 Å². The van der Waals surface area contributed by atoms with E-state index in [-0.39, 0.29) is 18.7 Å². The Morgan fingerprint density at radius 2 is 1.37 bits per heavy atom. The van der Waals surface area contributed by atoms with E-state index in [4.69, 9.17) is 14.2 Å². The third-order valence-electron chi connectivity index (χ3n) is 5.01. The summed E-state index contributed by atoms with van der Waals surface area (Å²) in [5.74, 6) is 0.593. The van der Waals surface area contributed by atoms with Crippen LogP contribution < -0.4 is 20.1 Å². The van der Waals surface area contributed by atoms with E-state index in [2.05, 4.69) is 10.6 Å². The number of carbonyl (C=O) groups is 3. The Hall–Kier alpha value is -4.33. The van der Waals surface area contributed by atoms with Crippen molar-refractivity contribution in [2.24, 2.45) is 0 Å². The zero-order valence-electron chi connectivity index (χ0n) is 19.9. The molecule has 35 heavy (non-hydrogen) atoms. The predicted octanol–water partition coefficient (Wildman–Crippen LogP) is 5.00. The van der Waals surface area contributed by atoms with Gasteiger partial charge in [-0.25, -0.2) is 0 Å². The number of rotatable bonds is 10. The average molecular weight is 477 g/mol. The lowest BCUT2D eigenvalue weighted by atomic mass is 10.1. The van der Waals surface area contributed by atoms with E-state index in [0.717, 1.165) is 16.9 Å². The smallest absolute Gasteiger partial charge is 0.306 e. The predicted molar refractivity (Wildman–Crippen MR) is 133 cm³/mol. The monoisotopic (exact) mass is 476 g/mol. The lowest BCUT2D eigenvalue weighted by Crippen LogP contribution is -2.22. The molecule has 2 N–H and O–H groups in total. The molecule has 3 aromatic carbocycles. The fourth-order valence-electron chi connectivity index (χ4n) is 3.18. The number of ether oxygens (including phenoxy) is 3. The maximum absolute atomic E-state index is 12.2. The minimum absolute atomic E-state index is 0.0678. The van der Waals surface area contributed by atoms with Gasteiger partial charge in [0.05, 0.1) is 13.5 Å². The van der Waals surface area contributed by atoms with Crippen molar-refractivity contribution >= 4 is 29.2 Å². The van der Waals surface area contributed by atoms with Crippen LogP contribution in [0, 0.1) is 13.8 Å². The molecule has 182 valence electrons. The summed E-state index contributed by atoms with van der Waals surface area (Å²) in [6.45, 7) is 3.43. The van der Waals surface area contributed by atoms with Crippen LogP contribution in [0.15, 0.2) is 66.7 Å². The van der Waals surface area contributed by atoms with Gasteiger partial charge in [0.15, 0.2) is 6.61 Å². The highest BCUT2D eigenvalue weighted by atomic mass is 16.5. The number of esters is 1. The molecule has 0 atom stereocenters. The molecule has 0 saturated carbocycles. The molecule has 8 nitrogen and oxygen atoms in total. The van der Waals surface area contributed by atoms with E-state index in [0.29, 0.717) is 22.9 Å². The Balaban J connectivity index is 1.37. The number of carbonyl (C=O) groups excluding carboxylic acids is 3. The number of nitrogens with one attached hydrogen (secondary N) is 2. The maximum atomic E-state index is 12.2. The summed E-state index contributed by atoms with van der Waals surface area (Å²) in [6, 6.07) is 19.7. The quantitative estimate of drug-likeness (QED) is 0.399. The van der Waals surface area contributed by atoms with E-state index in [1.807, 2.05) is 26.0 Å². The zero-order chi connectivity index (χ0) is 25.2. The normalized spacial score (nSPS) is 10.3. The zero-order valence-corrected chi connectivity index (χ0v) is 19.9. The average Bonchev–Trinajstić information content (AvgIpc) is 2.85. The number of amides is 2. The molecule has 8 heteroatoms. The van der Waals surface area contributed by atoms with Crippen molar-refractivity contribution in [3.8, 4) is 17.2 Å². The second kappa shape index (κ2) is 12.2. The van der Waals surface area contributed by atoms with Crippen molar-refractivity contribution in [3.05, 3.63) is 77.9 Å². The first-order chi connectivity index (χ1) is 16.8. The molecule has 0 aliphatic carbocycles. The summed E-state index contributed by atoms with van der Waals surface area (Å²) in [4.78, 5) is 36.1. The molecule has 0 heterocycles. The molecule has 3 aromatic rings. The highest BCUT2D eigenvalue weighted by molar-refractivity contribution is 5.94. The molecular weight excluding hydrogens is 448 g/mol. The number of anilines is 2. The Morgan fingerprint density at radius 1 is 0.743 bits per heavy atom. The van der Waals surface area contributed by atoms with Crippen LogP contribution in [0.2, 0.25) is 0 Å². The minimum Gasteiger partial charge on any atom is -0.497 e. The van der Waals surface area contributed by atoms with E-state index < -0.39 is 18.5 Å². The van der Waals surface area contributed by atoms with Gasteiger partial charge in [0.1, 0.15) is 17.2 Å². The Kier molecular flexibility index (Phi) is 8.83. The molecule has 0 aliphatic rings. The van der Waals surface area contributed by atoms with Crippen molar-refractivity contribution in [3.63, 3.8) is 0 Å². The lowest BCUT2D eigenvalue weighted by molar-refractivity contribution is -0.147. The van der Waals surface area contributed by atoms with E-state index in [1.165, 1.54) is 0 Å². The molecule has 2 amide bonds. The second-order valence-corrected chi connectivity index (χ2v) is 7.88. The van der Waals surface area contributed by atoms with E-state index in [1.54, 1.807) is 61.7 Å². The van der Waals surface area contributed by atoms with E-state index >= 15 is 0 Å². The van der Waals surface area contributed by atoms with Crippen LogP contribution in [0.3, 0.4) is 0 Å². The standard InChI is InChI=1S/C27H28N2O6/c1-18-4-13-24(19(2)16-18)29-26(31)17-34-27(32)15-14-25(30)28-20-5-7-22(8-6-20)35-23-11-9-21(33-3)10-12-23/h4-13,16H,14-15,17H2,1-3H3,(H,28,30)(H,29,31). The van der Waals surface area contributed by atoms with Gasteiger partial charge in [-0.2, -0.15) is 0 Å². The van der Waals surface area contributed by atoms with Crippen LogP contribution in [0.1, 0.15) is 24.0 Å². The number of hydrogen-bond donors (Lipinski definition) is 2. The summed E-state index contributed by atoms with van der Waals surface area (Å²) in [5.41, 5.74) is 3.24. The fraction of sp³-hybridized carbons (Fsp3) is 0.222. The van der Waals surface area contributed by atoms with Gasteiger partial charge < -0.3 is 24.8 Å². The Labute approximate surface area is 204 Å². The molecule has 0 fully saturated rings. The number of benzene rings is 3. The molecular formula is C27H28N2O6. The lowest BCUT2D eigenvalue weighted by Gasteiger charge is -2.10. The first-order valence-electron chi connectivity index (χ1n) is 11.1. The van der Waals surface area contributed by atoms with Crippen LogP contribution in [-0.2, 0) is 19.1 Å². The summed E-state index contributed by atoms with van der Waals surface area (Å²) >= 11 is 0. The van der Waals surface area contributed by atoms with Crippen LogP contribution in [0.5, 0.6) is 17.2 Å². The van der Waals surface area contributed by atoms with Crippen molar-refractivity contribution in [1.29, 1.82) is 0 Å². The summed E-state index contributed by atoms with van der Waals surface area (Å²) in [7, 11) is 1.60. The van der Waals surface area contributed by atoms with Gasteiger partial charge in [0.2, 0.25) is 5.91 Å². The van der Waals surface area contributed by atoms with Gasteiger partial charge in [-0.05, 0) is 74.0 Å². The highest BCUT2D eigenvalue weighted by Gasteiger charge is 2.12. The van der Waals surface area contributed by atoms with Crippen LogP contribution in [0.4, 0.5) is 11.4 Å². The molecule has 0 aliphatic heterocycles. The van der Waals surface area contributed by atoms with Gasteiger partial charge in [-0.3, -0.25) is 14.4 Å². The molecule has 0 bridgehead atoms.